The zero-order valence-electron chi connectivity index (χ0n) is 11.5. The van der Waals surface area contributed by atoms with Crippen molar-refractivity contribution in [2.45, 2.75) is 6.04 Å². The number of hydrogen-bond acceptors (Lipinski definition) is 2. The molecule has 3 rings (SSSR count). The Morgan fingerprint density at radius 1 is 1.14 bits per heavy atom. The Morgan fingerprint density at radius 2 is 2.00 bits per heavy atom. The molecule has 0 amide bonds. The fraction of sp³-hybridized carbons (Fsp3) is 0.118. The zero-order chi connectivity index (χ0) is 14.8. The maximum absolute atomic E-state index is 6.36. The van der Waals surface area contributed by atoms with Crippen LogP contribution < -0.4 is 5.32 Å². The van der Waals surface area contributed by atoms with Gasteiger partial charge in [0.2, 0.25) is 0 Å². The lowest BCUT2D eigenvalue weighted by Gasteiger charge is -2.19. The fourth-order valence-electron chi connectivity index (χ4n) is 2.50. The smallest absolute Gasteiger partial charge is 0.0705 e. The van der Waals surface area contributed by atoms with E-state index in [9.17, 15) is 0 Å². The molecule has 0 saturated heterocycles. The summed E-state index contributed by atoms with van der Waals surface area (Å²) < 4.78 is 1.01. The van der Waals surface area contributed by atoms with Crippen LogP contribution >= 0.6 is 27.5 Å². The predicted octanol–water partition coefficient (Wildman–Crippen LogP) is 4.96. The third-order valence-electron chi connectivity index (χ3n) is 3.52. The van der Waals surface area contributed by atoms with Crippen LogP contribution in [0.4, 0.5) is 0 Å². The topological polar surface area (TPSA) is 24.9 Å². The summed E-state index contributed by atoms with van der Waals surface area (Å²) in [6.45, 7) is 0. The van der Waals surface area contributed by atoms with E-state index < -0.39 is 0 Å². The van der Waals surface area contributed by atoms with E-state index in [1.807, 2.05) is 37.5 Å². The van der Waals surface area contributed by atoms with Crippen molar-refractivity contribution in [2.24, 2.45) is 0 Å². The van der Waals surface area contributed by atoms with Gasteiger partial charge in [-0.05, 0) is 48.5 Å². The molecule has 1 heterocycles. The standard InChI is InChI=1S/C17H14BrClN2/c1-20-17(14-10-13(18)6-7-15(14)19)12-5-4-11-3-2-8-21-16(11)9-12/h2-10,17,20H,1H3. The molecule has 2 aromatic carbocycles. The molecule has 2 nitrogen and oxygen atoms in total. The van der Waals surface area contributed by atoms with Gasteiger partial charge >= 0.3 is 0 Å². The van der Waals surface area contributed by atoms with Crippen LogP contribution in [0.5, 0.6) is 0 Å². The van der Waals surface area contributed by atoms with E-state index in [2.05, 4.69) is 50.5 Å². The Balaban J connectivity index is 2.11. The van der Waals surface area contributed by atoms with Gasteiger partial charge in [0.25, 0.3) is 0 Å². The Kier molecular flexibility index (Phi) is 4.24. The van der Waals surface area contributed by atoms with Crippen molar-refractivity contribution in [3.05, 3.63) is 75.4 Å². The molecule has 1 unspecified atom stereocenters. The summed E-state index contributed by atoms with van der Waals surface area (Å²) in [5, 5.41) is 5.22. The first-order chi connectivity index (χ1) is 10.2. The van der Waals surface area contributed by atoms with Gasteiger partial charge in [-0.2, -0.15) is 0 Å². The first-order valence-corrected chi connectivity index (χ1v) is 7.83. The second kappa shape index (κ2) is 6.14. The Morgan fingerprint density at radius 3 is 2.81 bits per heavy atom. The zero-order valence-corrected chi connectivity index (χ0v) is 13.8. The number of fused-ring (bicyclic) bond motifs is 1. The molecule has 0 radical (unpaired) electrons. The van der Waals surface area contributed by atoms with Crippen molar-refractivity contribution in [3.63, 3.8) is 0 Å². The Labute approximate surface area is 137 Å². The molecule has 0 bridgehead atoms. The van der Waals surface area contributed by atoms with Crippen LogP contribution in [0.1, 0.15) is 17.2 Å². The van der Waals surface area contributed by atoms with Gasteiger partial charge in [-0.15, -0.1) is 0 Å². The van der Waals surface area contributed by atoms with Crippen LogP contribution in [-0.4, -0.2) is 12.0 Å². The molecular formula is C17H14BrClN2. The molecule has 0 fully saturated rings. The number of hydrogen-bond donors (Lipinski definition) is 1. The summed E-state index contributed by atoms with van der Waals surface area (Å²) >= 11 is 9.87. The molecule has 0 aliphatic rings. The third kappa shape index (κ3) is 2.95. The minimum atomic E-state index is 0.0291. The molecule has 21 heavy (non-hydrogen) atoms. The van der Waals surface area contributed by atoms with Gasteiger partial charge in [0.05, 0.1) is 11.6 Å². The summed E-state index contributed by atoms with van der Waals surface area (Å²) in [7, 11) is 1.94. The van der Waals surface area contributed by atoms with Gasteiger partial charge < -0.3 is 5.32 Å². The maximum Gasteiger partial charge on any atom is 0.0705 e. The van der Waals surface area contributed by atoms with Crippen molar-refractivity contribution in [3.8, 4) is 0 Å². The molecule has 0 saturated carbocycles. The maximum atomic E-state index is 6.36. The van der Waals surface area contributed by atoms with Crippen LogP contribution in [0.2, 0.25) is 5.02 Å². The van der Waals surface area contributed by atoms with E-state index >= 15 is 0 Å². The number of pyridine rings is 1. The van der Waals surface area contributed by atoms with Crippen molar-refractivity contribution in [1.82, 2.24) is 10.3 Å². The number of nitrogens with one attached hydrogen (secondary N) is 1. The van der Waals surface area contributed by atoms with E-state index in [1.54, 1.807) is 0 Å². The number of aromatic nitrogens is 1. The molecule has 0 aliphatic heterocycles. The van der Waals surface area contributed by atoms with Gasteiger partial charge in [-0.25, -0.2) is 0 Å². The molecule has 1 aromatic heterocycles. The number of nitrogens with zero attached hydrogens (tertiary/aromatic N) is 1. The molecule has 3 aromatic rings. The Hall–Kier alpha value is -1.42. The summed E-state index contributed by atoms with van der Waals surface area (Å²) in [6.07, 6.45) is 1.81. The first-order valence-electron chi connectivity index (χ1n) is 6.66. The quantitative estimate of drug-likeness (QED) is 0.713. The van der Waals surface area contributed by atoms with Crippen molar-refractivity contribution >= 4 is 38.4 Å². The van der Waals surface area contributed by atoms with E-state index in [4.69, 9.17) is 11.6 Å². The number of rotatable bonds is 3. The normalized spacial score (nSPS) is 12.5. The van der Waals surface area contributed by atoms with Gasteiger partial charge in [0.15, 0.2) is 0 Å². The minimum absolute atomic E-state index is 0.0291. The van der Waals surface area contributed by atoms with Gasteiger partial charge in [0, 0.05) is 21.1 Å². The molecule has 4 heteroatoms. The van der Waals surface area contributed by atoms with E-state index in [1.165, 1.54) is 0 Å². The van der Waals surface area contributed by atoms with Gasteiger partial charge in [0.1, 0.15) is 0 Å². The van der Waals surface area contributed by atoms with Crippen molar-refractivity contribution < 1.29 is 0 Å². The van der Waals surface area contributed by atoms with Gasteiger partial charge in [-0.1, -0.05) is 45.7 Å². The fourth-order valence-corrected chi connectivity index (χ4v) is 3.11. The van der Waals surface area contributed by atoms with Crippen molar-refractivity contribution in [2.75, 3.05) is 7.05 Å². The highest BCUT2D eigenvalue weighted by molar-refractivity contribution is 9.10. The second-order valence-corrected chi connectivity index (χ2v) is 6.17. The number of benzene rings is 2. The lowest BCUT2D eigenvalue weighted by Crippen LogP contribution is -2.18. The average molecular weight is 362 g/mol. The third-order valence-corrected chi connectivity index (χ3v) is 4.36. The largest absolute Gasteiger partial charge is 0.309 e. The monoisotopic (exact) mass is 360 g/mol. The van der Waals surface area contributed by atoms with E-state index in [-0.39, 0.29) is 6.04 Å². The molecule has 106 valence electrons. The predicted molar refractivity (Wildman–Crippen MR) is 91.8 cm³/mol. The Bertz CT molecular complexity index is 789. The van der Waals surface area contributed by atoms with Crippen LogP contribution in [0.25, 0.3) is 10.9 Å². The highest BCUT2D eigenvalue weighted by atomic mass is 79.9. The summed E-state index contributed by atoms with van der Waals surface area (Å²) in [5.74, 6) is 0. The molecular weight excluding hydrogens is 348 g/mol. The summed E-state index contributed by atoms with van der Waals surface area (Å²) in [5.41, 5.74) is 3.17. The van der Waals surface area contributed by atoms with Gasteiger partial charge in [-0.3, -0.25) is 4.98 Å². The SMILES string of the molecule is CNC(c1ccc2cccnc2c1)c1cc(Br)ccc1Cl. The summed E-state index contributed by atoms with van der Waals surface area (Å²) in [6, 6.07) is 16.2. The first kappa shape index (κ1) is 14.5. The van der Waals surface area contributed by atoms with Crippen LogP contribution in [0, 0.1) is 0 Å². The average Bonchev–Trinajstić information content (AvgIpc) is 2.51. The van der Waals surface area contributed by atoms with E-state index in [0.29, 0.717) is 0 Å². The highest BCUT2D eigenvalue weighted by Gasteiger charge is 2.16. The second-order valence-electron chi connectivity index (χ2n) is 4.84. The van der Waals surface area contributed by atoms with Crippen LogP contribution in [-0.2, 0) is 0 Å². The molecule has 0 aliphatic carbocycles. The van der Waals surface area contributed by atoms with Crippen molar-refractivity contribution in [1.29, 1.82) is 0 Å². The lowest BCUT2D eigenvalue weighted by atomic mass is 9.97. The minimum Gasteiger partial charge on any atom is -0.309 e. The molecule has 0 spiro atoms. The summed E-state index contributed by atoms with van der Waals surface area (Å²) in [4.78, 5) is 4.42. The number of halogens is 2. The van der Waals surface area contributed by atoms with E-state index in [0.717, 1.165) is 31.5 Å². The van der Waals surface area contributed by atoms with Crippen LogP contribution in [0.3, 0.4) is 0 Å². The van der Waals surface area contributed by atoms with Crippen LogP contribution in [0.15, 0.2) is 59.2 Å². The molecule has 1 N–H and O–H groups in total. The highest BCUT2D eigenvalue weighted by Crippen LogP contribution is 2.31. The molecule has 1 atom stereocenters. The lowest BCUT2D eigenvalue weighted by molar-refractivity contribution is 0.692.